The van der Waals surface area contributed by atoms with Gasteiger partial charge in [0.2, 0.25) is 0 Å². The zero-order chi connectivity index (χ0) is 13.0. The number of ether oxygens (including phenoxy) is 1. The fraction of sp³-hybridized carbons (Fsp3) is 0.200. The molecule has 0 aliphatic rings. The predicted octanol–water partition coefficient (Wildman–Crippen LogP) is 4.08. The number of halogens is 1. The van der Waals surface area contributed by atoms with E-state index in [-0.39, 0.29) is 0 Å². The van der Waals surface area contributed by atoms with Crippen molar-refractivity contribution in [3.8, 4) is 5.75 Å². The van der Waals surface area contributed by atoms with Gasteiger partial charge >= 0.3 is 0 Å². The fourth-order valence-corrected chi connectivity index (χ4v) is 2.13. The molecule has 2 aromatic rings. The summed E-state index contributed by atoms with van der Waals surface area (Å²) in [5.41, 5.74) is 1.89. The zero-order valence-corrected chi connectivity index (χ0v) is 11.7. The van der Waals surface area contributed by atoms with E-state index in [1.807, 2.05) is 48.5 Å². The molecule has 0 bridgehead atoms. The standard InChI is InChI=1S/C15H15BrO2/c1-11(17)13-7-3-5-9-15(13)18-10-12-6-2-4-8-14(12)16/h2-9,11,17H,10H2,1H3. The van der Waals surface area contributed by atoms with Gasteiger partial charge in [-0.1, -0.05) is 52.3 Å². The number of aliphatic hydroxyl groups excluding tert-OH is 1. The Bertz CT molecular complexity index is 523. The summed E-state index contributed by atoms with van der Waals surface area (Å²) >= 11 is 3.49. The van der Waals surface area contributed by atoms with Crippen LogP contribution in [0.1, 0.15) is 24.2 Å². The molecule has 0 radical (unpaired) electrons. The second-order valence-electron chi connectivity index (χ2n) is 4.09. The molecular formula is C15H15BrO2. The van der Waals surface area contributed by atoms with Gasteiger partial charge in [-0.15, -0.1) is 0 Å². The summed E-state index contributed by atoms with van der Waals surface area (Å²) in [7, 11) is 0. The third-order valence-corrected chi connectivity index (χ3v) is 3.48. The van der Waals surface area contributed by atoms with Gasteiger partial charge in [-0.2, -0.15) is 0 Å². The maximum atomic E-state index is 9.67. The average molecular weight is 307 g/mol. The second kappa shape index (κ2) is 6.03. The molecule has 0 saturated carbocycles. The molecule has 1 unspecified atom stereocenters. The van der Waals surface area contributed by atoms with Crippen molar-refractivity contribution in [1.82, 2.24) is 0 Å². The van der Waals surface area contributed by atoms with Gasteiger partial charge in [-0.3, -0.25) is 0 Å². The molecule has 0 fully saturated rings. The first-order chi connectivity index (χ1) is 8.68. The average Bonchev–Trinajstić information content (AvgIpc) is 2.38. The van der Waals surface area contributed by atoms with Crippen LogP contribution in [0.2, 0.25) is 0 Å². The highest BCUT2D eigenvalue weighted by Gasteiger charge is 2.08. The number of para-hydroxylation sites is 1. The van der Waals surface area contributed by atoms with Crippen LogP contribution in [0, 0.1) is 0 Å². The molecule has 0 saturated heterocycles. The second-order valence-corrected chi connectivity index (χ2v) is 4.95. The predicted molar refractivity (Wildman–Crippen MR) is 75.5 cm³/mol. The smallest absolute Gasteiger partial charge is 0.125 e. The lowest BCUT2D eigenvalue weighted by molar-refractivity contribution is 0.190. The molecule has 0 aromatic heterocycles. The van der Waals surface area contributed by atoms with Gasteiger partial charge in [0.05, 0.1) is 6.10 Å². The molecule has 0 amide bonds. The van der Waals surface area contributed by atoms with Crippen LogP contribution in [0.4, 0.5) is 0 Å². The number of aliphatic hydroxyl groups is 1. The Morgan fingerprint density at radius 3 is 2.50 bits per heavy atom. The first-order valence-electron chi connectivity index (χ1n) is 5.81. The molecule has 2 aromatic carbocycles. The summed E-state index contributed by atoms with van der Waals surface area (Å²) in [6, 6.07) is 15.5. The molecule has 3 heteroatoms. The van der Waals surface area contributed by atoms with E-state index in [2.05, 4.69) is 15.9 Å². The molecule has 18 heavy (non-hydrogen) atoms. The van der Waals surface area contributed by atoms with E-state index in [0.29, 0.717) is 6.61 Å². The summed E-state index contributed by atoms with van der Waals surface area (Å²) < 4.78 is 6.80. The normalized spacial score (nSPS) is 12.2. The van der Waals surface area contributed by atoms with Gasteiger partial charge in [0.15, 0.2) is 0 Å². The van der Waals surface area contributed by atoms with Crippen LogP contribution in [0.3, 0.4) is 0 Å². The lowest BCUT2D eigenvalue weighted by atomic mass is 10.1. The topological polar surface area (TPSA) is 29.5 Å². The molecule has 0 aliphatic heterocycles. The van der Waals surface area contributed by atoms with Crippen LogP contribution < -0.4 is 4.74 Å². The summed E-state index contributed by atoms with van der Waals surface area (Å²) in [6.45, 7) is 2.21. The van der Waals surface area contributed by atoms with Gasteiger partial charge in [0, 0.05) is 15.6 Å². The maximum Gasteiger partial charge on any atom is 0.125 e. The molecule has 1 atom stereocenters. The molecule has 2 nitrogen and oxygen atoms in total. The van der Waals surface area contributed by atoms with E-state index >= 15 is 0 Å². The van der Waals surface area contributed by atoms with Crippen molar-refractivity contribution in [1.29, 1.82) is 0 Å². The van der Waals surface area contributed by atoms with E-state index in [9.17, 15) is 5.11 Å². The molecule has 0 aliphatic carbocycles. The fourth-order valence-electron chi connectivity index (χ4n) is 1.73. The number of benzene rings is 2. The molecule has 94 valence electrons. The highest BCUT2D eigenvalue weighted by Crippen LogP contribution is 2.26. The lowest BCUT2D eigenvalue weighted by Crippen LogP contribution is -2.01. The minimum Gasteiger partial charge on any atom is -0.488 e. The Morgan fingerprint density at radius 1 is 1.11 bits per heavy atom. The van der Waals surface area contributed by atoms with Gasteiger partial charge in [-0.05, 0) is 19.1 Å². The van der Waals surface area contributed by atoms with Crippen molar-refractivity contribution in [2.24, 2.45) is 0 Å². The van der Waals surface area contributed by atoms with Crippen LogP contribution in [0.25, 0.3) is 0 Å². The van der Waals surface area contributed by atoms with Crippen molar-refractivity contribution in [2.75, 3.05) is 0 Å². The van der Waals surface area contributed by atoms with Crippen LogP contribution in [-0.2, 0) is 6.61 Å². The summed E-state index contributed by atoms with van der Waals surface area (Å²) in [4.78, 5) is 0. The van der Waals surface area contributed by atoms with Crippen molar-refractivity contribution >= 4 is 15.9 Å². The minimum atomic E-state index is -0.527. The number of rotatable bonds is 4. The molecule has 2 rings (SSSR count). The monoisotopic (exact) mass is 306 g/mol. The maximum absolute atomic E-state index is 9.67. The number of hydrogen-bond donors (Lipinski definition) is 1. The highest BCUT2D eigenvalue weighted by atomic mass is 79.9. The van der Waals surface area contributed by atoms with Crippen molar-refractivity contribution in [2.45, 2.75) is 19.6 Å². The van der Waals surface area contributed by atoms with Crippen molar-refractivity contribution < 1.29 is 9.84 Å². The van der Waals surface area contributed by atoms with Crippen LogP contribution in [0.5, 0.6) is 5.75 Å². The Balaban J connectivity index is 2.14. The first kappa shape index (κ1) is 13.1. The Kier molecular flexibility index (Phi) is 4.39. The number of hydrogen-bond acceptors (Lipinski definition) is 2. The van der Waals surface area contributed by atoms with Crippen LogP contribution in [-0.4, -0.2) is 5.11 Å². The van der Waals surface area contributed by atoms with Gasteiger partial charge < -0.3 is 9.84 Å². The quantitative estimate of drug-likeness (QED) is 0.922. The van der Waals surface area contributed by atoms with E-state index in [0.717, 1.165) is 21.3 Å². The minimum absolute atomic E-state index is 0.477. The molecular weight excluding hydrogens is 292 g/mol. The first-order valence-corrected chi connectivity index (χ1v) is 6.61. The summed E-state index contributed by atoms with van der Waals surface area (Å²) in [5, 5.41) is 9.67. The molecule has 1 N–H and O–H groups in total. The van der Waals surface area contributed by atoms with Gasteiger partial charge in [0.1, 0.15) is 12.4 Å². The van der Waals surface area contributed by atoms with Gasteiger partial charge in [0.25, 0.3) is 0 Å². The lowest BCUT2D eigenvalue weighted by Gasteiger charge is -2.13. The SMILES string of the molecule is CC(O)c1ccccc1OCc1ccccc1Br. The van der Waals surface area contributed by atoms with E-state index in [1.54, 1.807) is 6.92 Å². The summed E-state index contributed by atoms with van der Waals surface area (Å²) in [6.07, 6.45) is -0.527. The Hall–Kier alpha value is -1.32. The summed E-state index contributed by atoms with van der Waals surface area (Å²) in [5.74, 6) is 0.725. The largest absolute Gasteiger partial charge is 0.488 e. The highest BCUT2D eigenvalue weighted by molar-refractivity contribution is 9.10. The Morgan fingerprint density at radius 2 is 1.78 bits per heavy atom. The molecule has 0 heterocycles. The van der Waals surface area contributed by atoms with Crippen LogP contribution in [0.15, 0.2) is 53.0 Å². The third-order valence-electron chi connectivity index (χ3n) is 2.71. The Labute approximate surface area is 115 Å². The van der Waals surface area contributed by atoms with E-state index in [1.165, 1.54) is 0 Å². The third kappa shape index (κ3) is 3.12. The van der Waals surface area contributed by atoms with Crippen molar-refractivity contribution in [3.05, 3.63) is 64.1 Å². The zero-order valence-electron chi connectivity index (χ0n) is 10.1. The van der Waals surface area contributed by atoms with Crippen LogP contribution >= 0.6 is 15.9 Å². The van der Waals surface area contributed by atoms with Crippen molar-refractivity contribution in [3.63, 3.8) is 0 Å². The van der Waals surface area contributed by atoms with E-state index < -0.39 is 6.10 Å². The van der Waals surface area contributed by atoms with Gasteiger partial charge in [-0.25, -0.2) is 0 Å². The molecule has 0 spiro atoms. The van der Waals surface area contributed by atoms with E-state index in [4.69, 9.17) is 4.74 Å².